The molecule has 0 aromatic heterocycles. The minimum atomic E-state index is -2.96. The summed E-state index contributed by atoms with van der Waals surface area (Å²) in [4.78, 5) is 0. The van der Waals surface area contributed by atoms with E-state index in [4.69, 9.17) is 45.5 Å². The monoisotopic (exact) mass is 2000 g/mol. The first-order valence-corrected chi connectivity index (χ1v) is 62.0. The molecule has 144 heavy (non-hydrogen) atoms. The predicted octanol–water partition coefficient (Wildman–Crippen LogP) is 28.4. The van der Waals surface area contributed by atoms with Crippen LogP contribution in [0.25, 0.3) is 0 Å². The minimum Gasteiger partial charge on any atom is -0.494 e. The van der Waals surface area contributed by atoms with Crippen LogP contribution < -0.4 is 18.9 Å². The molecule has 8 aromatic carbocycles. The van der Waals surface area contributed by atoms with Gasteiger partial charge in [0.05, 0.1) is 78.9 Å². The van der Waals surface area contributed by atoms with Crippen LogP contribution in [0.4, 0.5) is 0 Å². The van der Waals surface area contributed by atoms with Crippen LogP contribution in [0.2, 0.25) is 12.1 Å². The summed E-state index contributed by atoms with van der Waals surface area (Å²) >= 11 is 0. The fraction of sp³-hybridized carbons (Fsp3) is 0.619. The van der Waals surface area contributed by atoms with Crippen molar-refractivity contribution >= 4 is 17.6 Å². The van der Waals surface area contributed by atoms with Gasteiger partial charge in [0.1, 0.15) is 69.7 Å². The van der Waals surface area contributed by atoms with Crippen molar-refractivity contribution in [3.05, 3.63) is 263 Å². The first-order chi connectivity index (χ1) is 70.3. The highest BCUT2D eigenvalue weighted by atomic mass is 28.4. The van der Waals surface area contributed by atoms with Crippen molar-refractivity contribution in [2.75, 3.05) is 79.8 Å². The Morgan fingerprint density at radius 3 is 0.799 bits per heavy atom. The molecule has 0 amide bonds. The zero-order valence-electron chi connectivity index (χ0n) is 89.0. The molecule has 4 heterocycles. The van der Waals surface area contributed by atoms with E-state index in [1.165, 1.54) is 128 Å². The molecule has 784 valence electrons. The summed E-state index contributed by atoms with van der Waals surface area (Å²) in [5, 5.41) is 50.9. The molecule has 18 unspecified atom stereocenters. The third-order valence-electron chi connectivity index (χ3n) is 35.7. The summed E-state index contributed by atoms with van der Waals surface area (Å²) in [6.45, 7) is 17.1. The summed E-state index contributed by atoms with van der Waals surface area (Å²) < 4.78 is 70.9. The highest BCUT2D eigenvalue weighted by Crippen LogP contribution is 2.98. The van der Waals surface area contributed by atoms with Crippen molar-refractivity contribution in [3.63, 3.8) is 0 Å². The molecular weight excluding hydrogens is 1820 g/mol. The van der Waals surface area contributed by atoms with Crippen LogP contribution in [0, 0.1) is 23.7 Å². The van der Waals surface area contributed by atoms with E-state index in [1.807, 2.05) is 121 Å². The Morgan fingerprint density at radius 2 is 0.514 bits per heavy atom. The van der Waals surface area contributed by atoms with E-state index in [9.17, 15) is 20.4 Å². The standard InChI is InChI=1S/C126H180N2O14Si2/c1-7-11-13-15-17-19-21-25-31-53-89-127(5,87-9-3)99-121(131,103-65-47-41-48-66-103)107-73-81-111(82-74-107)135-93-57-35-33-55-91-133-109-77-69-105(70-78-109)119(129,101-61-43-39-44-62-101)85-51-29-23-27-37-59-95-143-137-115-97-113-117-118-114-98-116-124(114)126(118,125(117,141-143)123(113,115)139-143)142-144(138-116,140-124)96-60-38-28-24-30-52-86-120(130,102-63-45-40-46-64-102)106-71-79-110(80-72-106)134-92-56-34-36-58-94-136-112-83-75-108(76-84-112)122(132,104-67-49-42-50-68-104)100-128(6,88-10-4)90-54-32-26-22-20-18-16-14-12-8-2/h39-50,61-84,113-118,129-132H,7-38,51-60,85-100H2,1-6H3/q+2. The Kier molecular flexibility index (Phi) is 37.4. The average molecular weight is 2000 g/mol. The third kappa shape index (κ3) is 23.1. The highest BCUT2D eigenvalue weighted by molar-refractivity contribution is 6.64. The number of unbranched alkanes of at least 4 members (excludes halogenated alkanes) is 34. The van der Waals surface area contributed by atoms with Gasteiger partial charge >= 0.3 is 17.6 Å². The van der Waals surface area contributed by atoms with Crippen LogP contribution in [0.5, 0.6) is 23.0 Å². The number of rotatable bonds is 74. The zero-order chi connectivity index (χ0) is 99.9. The predicted molar refractivity (Wildman–Crippen MR) is 582 cm³/mol. The molecular formula is C126H180N2O14Si2+2. The molecule has 17 rings (SSSR count). The van der Waals surface area contributed by atoms with Crippen molar-refractivity contribution in [1.82, 2.24) is 0 Å². The Labute approximate surface area is 868 Å². The number of hydrogen-bond donors (Lipinski definition) is 4. The Morgan fingerprint density at radius 1 is 0.271 bits per heavy atom. The molecule has 4 N–H and O–H groups in total. The van der Waals surface area contributed by atoms with Crippen molar-refractivity contribution in [3.8, 4) is 23.0 Å². The van der Waals surface area contributed by atoms with Gasteiger partial charge in [-0.05, 0) is 234 Å². The lowest BCUT2D eigenvalue weighted by Gasteiger charge is -2.95. The maximum Gasteiger partial charge on any atom is 0.502 e. The lowest BCUT2D eigenvalue weighted by atomic mass is 9.14. The molecule has 5 saturated carbocycles. The van der Waals surface area contributed by atoms with Crippen molar-refractivity contribution in [1.29, 1.82) is 0 Å². The Balaban J connectivity index is 0.401. The van der Waals surface area contributed by atoms with E-state index >= 15 is 0 Å². The smallest absolute Gasteiger partial charge is 0.494 e. The topological polar surface area (TPSA) is 173 Å². The lowest BCUT2D eigenvalue weighted by molar-refractivity contribution is -0.916. The second-order valence-corrected chi connectivity index (χ2v) is 51.1. The Hall–Kier alpha value is -7.09. The molecule has 18 atom stereocenters. The normalized spacial score (nSPS) is 26.4. The van der Waals surface area contributed by atoms with Gasteiger partial charge in [-0.3, -0.25) is 0 Å². The maximum absolute atomic E-state index is 12.8. The van der Waals surface area contributed by atoms with Gasteiger partial charge in [-0.1, -0.05) is 352 Å². The summed E-state index contributed by atoms with van der Waals surface area (Å²) in [6, 6.07) is 75.4. The summed E-state index contributed by atoms with van der Waals surface area (Å²) in [5.74, 6) is 5.24. The van der Waals surface area contributed by atoms with E-state index in [0.29, 0.717) is 76.0 Å². The number of hydrogen-bond acceptors (Lipinski definition) is 14. The second-order valence-electron chi connectivity index (χ2n) is 46.1. The van der Waals surface area contributed by atoms with Crippen LogP contribution >= 0.6 is 0 Å². The van der Waals surface area contributed by atoms with Gasteiger partial charge in [-0.2, -0.15) is 0 Å². The zero-order valence-corrected chi connectivity index (χ0v) is 91.0. The summed E-state index contributed by atoms with van der Waals surface area (Å²) in [6.07, 6.45) is 52.8. The van der Waals surface area contributed by atoms with Crippen LogP contribution in [0.15, 0.2) is 218 Å². The van der Waals surface area contributed by atoms with E-state index in [2.05, 4.69) is 139 Å². The average Bonchev–Trinajstić information content (AvgIpc) is 1.36. The van der Waals surface area contributed by atoms with E-state index in [-0.39, 0.29) is 23.4 Å². The highest BCUT2D eigenvalue weighted by Gasteiger charge is 3.14. The fourth-order valence-electron chi connectivity index (χ4n) is 28.3. The fourth-order valence-corrected chi connectivity index (χ4v) is 35.8. The SMILES string of the molecule is CCCCCCCCCCCC[N+](C)(CCC)CC(O)(c1ccccc1)c1ccc(OCCCCCCOc2ccc(C(O)(CCCCCCCC[Si]34OC5CC6C7C8C9CC%10O[Si]%11(CCCCCCCCC(O)(c%12ccccc%12)c%12ccc(OCCCCCCOc%13ccc(C(O)(C[N+](C)(CCC)CCCCCCCCCCCC)c%14ccccc%14)cc%13)cc%12)OC%109C8(O%11)C7(O3)C56O4)c3ccccc3)cc2)cc1. The van der Waals surface area contributed by atoms with E-state index in [0.717, 1.165) is 269 Å². The van der Waals surface area contributed by atoms with Gasteiger partial charge in [0.2, 0.25) is 0 Å². The number of nitrogens with zero attached hydrogens (tertiary/aromatic N) is 2. The maximum atomic E-state index is 12.8. The number of aliphatic hydroxyl groups is 4. The van der Waals surface area contributed by atoms with E-state index in [1.54, 1.807) is 0 Å². The van der Waals surface area contributed by atoms with Crippen molar-refractivity contribution < 1.29 is 74.9 Å². The van der Waals surface area contributed by atoms with Crippen LogP contribution in [-0.2, 0) is 49.0 Å². The van der Waals surface area contributed by atoms with Gasteiger partial charge in [-0.25, -0.2) is 0 Å². The van der Waals surface area contributed by atoms with Crippen LogP contribution in [0.3, 0.4) is 0 Å². The minimum absolute atomic E-state index is 0.104. The molecule has 8 aromatic rings. The molecule has 0 radical (unpaired) electrons. The molecule has 4 aliphatic heterocycles. The van der Waals surface area contributed by atoms with Gasteiger partial charge in [0.25, 0.3) is 0 Å². The number of quaternary nitrogens is 2. The first-order valence-electron chi connectivity index (χ1n) is 58.2. The number of fused-ring (bicyclic) bond motifs is 5. The number of likely N-dealkylation sites (N-methyl/N-ethyl adjacent to an activating group) is 2. The molecule has 16 nitrogen and oxygen atoms in total. The molecule has 18 heteroatoms. The Bertz CT molecular complexity index is 4850. The van der Waals surface area contributed by atoms with Crippen molar-refractivity contribution in [2.45, 2.75) is 392 Å². The summed E-state index contributed by atoms with van der Waals surface area (Å²) in [7, 11) is -1.22. The molecule has 4 spiro atoms. The molecule has 4 saturated heterocycles. The van der Waals surface area contributed by atoms with Gasteiger partial charge in [0.15, 0.2) is 11.2 Å². The number of ether oxygens (including phenoxy) is 4. The van der Waals surface area contributed by atoms with Crippen molar-refractivity contribution in [2.24, 2.45) is 23.7 Å². The molecule has 9 aliphatic rings. The quantitative estimate of drug-likeness (QED) is 0.0161. The molecule has 5 aliphatic carbocycles. The largest absolute Gasteiger partial charge is 0.502 e. The number of benzene rings is 8. The van der Waals surface area contributed by atoms with Gasteiger partial charge in [-0.15, -0.1) is 0 Å². The summed E-state index contributed by atoms with van der Waals surface area (Å²) in [5.41, 5.74) is 1.20. The molecule has 9 fully saturated rings. The molecule has 4 bridgehead atoms. The second kappa shape index (κ2) is 49.8. The van der Waals surface area contributed by atoms with E-state index < -0.39 is 51.2 Å². The first kappa shape index (κ1) is 108. The van der Waals surface area contributed by atoms with Gasteiger partial charge < -0.3 is 74.9 Å². The third-order valence-corrected chi connectivity index (χ3v) is 41.5. The van der Waals surface area contributed by atoms with Gasteiger partial charge in [0, 0.05) is 35.8 Å². The lowest BCUT2D eigenvalue weighted by Crippen LogP contribution is -3.11. The van der Waals surface area contributed by atoms with Crippen LogP contribution in [-0.4, -0.2) is 161 Å². The van der Waals surface area contributed by atoms with Crippen LogP contribution in [0.1, 0.15) is 368 Å².